The summed E-state index contributed by atoms with van der Waals surface area (Å²) in [6, 6.07) is 7.36. The maximum Gasteiger partial charge on any atom is 0.232 e. The van der Waals surface area contributed by atoms with Gasteiger partial charge >= 0.3 is 0 Å². The van der Waals surface area contributed by atoms with Gasteiger partial charge in [-0.2, -0.15) is 0 Å². The van der Waals surface area contributed by atoms with Crippen molar-refractivity contribution >= 4 is 5.78 Å². The van der Waals surface area contributed by atoms with Crippen LogP contribution in [-0.4, -0.2) is 12.4 Å². The molecule has 0 atom stereocenters. The fourth-order valence-electron chi connectivity index (χ4n) is 1.83. The maximum absolute atomic E-state index is 12.4. The van der Waals surface area contributed by atoms with E-state index in [0.717, 1.165) is 11.1 Å². The number of hydrogen-bond acceptors (Lipinski definition) is 3. The summed E-state index contributed by atoms with van der Waals surface area (Å²) in [7, 11) is 0. The van der Waals surface area contributed by atoms with Crippen molar-refractivity contribution in [1.29, 1.82) is 0 Å². The first-order chi connectivity index (χ1) is 8.63. The standard InChI is InChI=1S/C15H16O3/c1-4-17-13-6-5-10(2)9-12(13)14(16)15-11(3)7-8-18-15/h5-9H,4H2,1-3H3. The Morgan fingerprint density at radius 2 is 2.06 bits per heavy atom. The van der Waals surface area contributed by atoms with E-state index in [1.807, 2.05) is 39.0 Å². The third-order valence-corrected chi connectivity index (χ3v) is 2.75. The van der Waals surface area contributed by atoms with Crippen LogP contribution in [0.15, 0.2) is 34.9 Å². The van der Waals surface area contributed by atoms with Crippen molar-refractivity contribution in [2.75, 3.05) is 6.61 Å². The van der Waals surface area contributed by atoms with Gasteiger partial charge in [-0.25, -0.2) is 0 Å². The average Bonchev–Trinajstić information content (AvgIpc) is 2.77. The molecule has 0 radical (unpaired) electrons. The Morgan fingerprint density at radius 1 is 1.28 bits per heavy atom. The van der Waals surface area contributed by atoms with Crippen LogP contribution in [0.1, 0.15) is 34.2 Å². The van der Waals surface area contributed by atoms with E-state index in [2.05, 4.69) is 0 Å². The molecule has 0 aliphatic heterocycles. The Kier molecular flexibility index (Phi) is 3.51. The third kappa shape index (κ3) is 2.30. The summed E-state index contributed by atoms with van der Waals surface area (Å²) >= 11 is 0. The van der Waals surface area contributed by atoms with E-state index in [1.54, 1.807) is 6.07 Å². The highest BCUT2D eigenvalue weighted by molar-refractivity contribution is 6.09. The predicted octanol–water partition coefficient (Wildman–Crippen LogP) is 3.53. The summed E-state index contributed by atoms with van der Waals surface area (Å²) < 4.78 is 10.7. The molecule has 0 spiro atoms. The molecule has 0 unspecified atom stereocenters. The van der Waals surface area contributed by atoms with Crippen LogP contribution >= 0.6 is 0 Å². The van der Waals surface area contributed by atoms with E-state index in [0.29, 0.717) is 23.7 Å². The van der Waals surface area contributed by atoms with Crippen molar-refractivity contribution in [2.45, 2.75) is 20.8 Å². The van der Waals surface area contributed by atoms with Crippen LogP contribution in [0, 0.1) is 13.8 Å². The van der Waals surface area contributed by atoms with Gasteiger partial charge in [-0.1, -0.05) is 11.6 Å². The zero-order valence-electron chi connectivity index (χ0n) is 10.8. The van der Waals surface area contributed by atoms with E-state index in [1.165, 1.54) is 6.26 Å². The van der Waals surface area contributed by atoms with E-state index >= 15 is 0 Å². The van der Waals surface area contributed by atoms with Crippen LogP contribution in [0.5, 0.6) is 5.75 Å². The number of ether oxygens (including phenoxy) is 1. The molecule has 18 heavy (non-hydrogen) atoms. The van der Waals surface area contributed by atoms with Gasteiger partial charge in [0.15, 0.2) is 5.76 Å². The zero-order valence-corrected chi connectivity index (χ0v) is 10.8. The second kappa shape index (κ2) is 5.08. The lowest BCUT2D eigenvalue weighted by atomic mass is 10.0. The van der Waals surface area contributed by atoms with Crippen LogP contribution in [0.3, 0.4) is 0 Å². The van der Waals surface area contributed by atoms with Crippen LogP contribution in [0.25, 0.3) is 0 Å². The highest BCUT2D eigenvalue weighted by Crippen LogP contribution is 2.24. The minimum Gasteiger partial charge on any atom is -0.493 e. The van der Waals surface area contributed by atoms with E-state index in [9.17, 15) is 4.79 Å². The third-order valence-electron chi connectivity index (χ3n) is 2.75. The van der Waals surface area contributed by atoms with Crippen molar-refractivity contribution in [3.8, 4) is 5.75 Å². The summed E-state index contributed by atoms with van der Waals surface area (Å²) in [6.07, 6.45) is 1.53. The molecular weight excluding hydrogens is 228 g/mol. The largest absolute Gasteiger partial charge is 0.493 e. The van der Waals surface area contributed by atoms with Gasteiger partial charge in [0, 0.05) is 0 Å². The van der Waals surface area contributed by atoms with Crippen molar-refractivity contribution in [3.63, 3.8) is 0 Å². The molecule has 1 aromatic heterocycles. The van der Waals surface area contributed by atoms with Crippen LogP contribution in [0.4, 0.5) is 0 Å². The number of rotatable bonds is 4. The molecule has 0 bridgehead atoms. The molecule has 0 aliphatic rings. The van der Waals surface area contributed by atoms with Gasteiger partial charge in [0.05, 0.1) is 18.4 Å². The molecule has 0 N–H and O–H groups in total. The fraction of sp³-hybridized carbons (Fsp3) is 0.267. The van der Waals surface area contributed by atoms with E-state index in [-0.39, 0.29) is 5.78 Å². The minimum absolute atomic E-state index is 0.135. The molecule has 1 aromatic carbocycles. The van der Waals surface area contributed by atoms with Gasteiger partial charge in [0.2, 0.25) is 5.78 Å². The molecule has 2 aromatic rings. The summed E-state index contributed by atoms with van der Waals surface area (Å²) in [6.45, 7) is 6.22. The molecule has 1 heterocycles. The van der Waals surface area contributed by atoms with Gasteiger partial charge in [-0.15, -0.1) is 0 Å². The molecule has 3 heteroatoms. The Labute approximate surface area is 106 Å². The highest BCUT2D eigenvalue weighted by atomic mass is 16.5. The average molecular weight is 244 g/mol. The number of aryl methyl sites for hydroxylation is 2. The maximum atomic E-state index is 12.4. The van der Waals surface area contributed by atoms with Crippen molar-refractivity contribution in [3.05, 3.63) is 53.0 Å². The molecule has 0 fully saturated rings. The minimum atomic E-state index is -0.135. The SMILES string of the molecule is CCOc1ccc(C)cc1C(=O)c1occc1C. The van der Waals surface area contributed by atoms with Crippen LogP contribution in [0.2, 0.25) is 0 Å². The molecule has 2 rings (SSSR count). The topological polar surface area (TPSA) is 39.4 Å². The Balaban J connectivity index is 2.46. The highest BCUT2D eigenvalue weighted by Gasteiger charge is 2.19. The Bertz CT molecular complexity index is 567. The zero-order chi connectivity index (χ0) is 13.1. The lowest BCUT2D eigenvalue weighted by molar-refractivity contribution is 0.100. The normalized spacial score (nSPS) is 10.4. The summed E-state index contributed by atoms with van der Waals surface area (Å²) in [4.78, 5) is 12.4. The molecule has 94 valence electrons. The molecule has 0 saturated carbocycles. The quantitative estimate of drug-likeness (QED) is 0.772. The number of carbonyl (C=O) groups excluding carboxylic acids is 1. The van der Waals surface area contributed by atoms with Gasteiger partial charge < -0.3 is 9.15 Å². The summed E-state index contributed by atoms with van der Waals surface area (Å²) in [5, 5.41) is 0. The molecule has 3 nitrogen and oxygen atoms in total. The number of carbonyl (C=O) groups is 1. The first-order valence-electron chi connectivity index (χ1n) is 5.95. The number of ketones is 1. The van der Waals surface area contributed by atoms with E-state index < -0.39 is 0 Å². The lowest BCUT2D eigenvalue weighted by Gasteiger charge is -2.09. The smallest absolute Gasteiger partial charge is 0.232 e. The summed E-state index contributed by atoms with van der Waals surface area (Å²) in [5.41, 5.74) is 2.41. The van der Waals surface area contributed by atoms with Crippen molar-refractivity contribution < 1.29 is 13.9 Å². The second-order valence-electron chi connectivity index (χ2n) is 4.19. The molecular formula is C15H16O3. The van der Waals surface area contributed by atoms with Gasteiger partial charge in [0.1, 0.15) is 5.75 Å². The van der Waals surface area contributed by atoms with Crippen LogP contribution < -0.4 is 4.74 Å². The van der Waals surface area contributed by atoms with Gasteiger partial charge in [-0.05, 0) is 44.5 Å². The number of hydrogen-bond donors (Lipinski definition) is 0. The number of benzene rings is 1. The Hall–Kier alpha value is -2.03. The van der Waals surface area contributed by atoms with Gasteiger partial charge in [0.25, 0.3) is 0 Å². The summed E-state index contributed by atoms with van der Waals surface area (Å²) in [5.74, 6) is 0.843. The number of furan rings is 1. The molecule has 0 aliphatic carbocycles. The lowest BCUT2D eigenvalue weighted by Crippen LogP contribution is -2.06. The monoisotopic (exact) mass is 244 g/mol. The van der Waals surface area contributed by atoms with Crippen molar-refractivity contribution in [2.24, 2.45) is 0 Å². The molecule has 0 saturated heterocycles. The first kappa shape index (κ1) is 12.4. The second-order valence-corrected chi connectivity index (χ2v) is 4.19. The predicted molar refractivity (Wildman–Crippen MR) is 69.2 cm³/mol. The van der Waals surface area contributed by atoms with E-state index in [4.69, 9.17) is 9.15 Å². The fourth-order valence-corrected chi connectivity index (χ4v) is 1.83. The van der Waals surface area contributed by atoms with Crippen molar-refractivity contribution in [1.82, 2.24) is 0 Å². The van der Waals surface area contributed by atoms with Crippen LogP contribution in [-0.2, 0) is 0 Å². The Morgan fingerprint density at radius 3 is 2.67 bits per heavy atom. The van der Waals surface area contributed by atoms with Gasteiger partial charge in [-0.3, -0.25) is 4.79 Å². The molecule has 0 amide bonds. The first-order valence-corrected chi connectivity index (χ1v) is 5.95.